The van der Waals surface area contributed by atoms with E-state index < -0.39 is 11.7 Å². The summed E-state index contributed by atoms with van der Waals surface area (Å²) in [7, 11) is 0. The smallest absolute Gasteiger partial charge is 0.255 e. The van der Waals surface area contributed by atoms with E-state index in [9.17, 15) is 9.18 Å². The van der Waals surface area contributed by atoms with E-state index in [0.717, 1.165) is 5.56 Å². The SMILES string of the molecule is Cc1ccc(NC(=O)c2cc(Cl)cc(Cl)c2)c(F)c1. The lowest BCUT2D eigenvalue weighted by atomic mass is 10.2. The Balaban J connectivity index is 2.25. The van der Waals surface area contributed by atoms with Gasteiger partial charge in [-0.2, -0.15) is 0 Å². The fourth-order valence-electron chi connectivity index (χ4n) is 1.60. The van der Waals surface area contributed by atoms with Crippen molar-refractivity contribution in [1.29, 1.82) is 0 Å². The number of carbonyl (C=O) groups excluding carboxylic acids is 1. The lowest BCUT2D eigenvalue weighted by Crippen LogP contribution is -2.13. The van der Waals surface area contributed by atoms with E-state index in [-0.39, 0.29) is 11.3 Å². The second-order valence-corrected chi connectivity index (χ2v) is 4.97. The zero-order chi connectivity index (χ0) is 14.0. The molecule has 0 heterocycles. The number of carbonyl (C=O) groups is 1. The van der Waals surface area contributed by atoms with Crippen molar-refractivity contribution in [3.63, 3.8) is 0 Å². The van der Waals surface area contributed by atoms with Gasteiger partial charge in [0.05, 0.1) is 5.69 Å². The van der Waals surface area contributed by atoms with Crippen molar-refractivity contribution in [3.05, 3.63) is 63.4 Å². The Morgan fingerprint density at radius 2 is 1.74 bits per heavy atom. The molecule has 2 rings (SSSR count). The topological polar surface area (TPSA) is 29.1 Å². The van der Waals surface area contributed by atoms with Crippen molar-refractivity contribution >= 4 is 34.8 Å². The summed E-state index contributed by atoms with van der Waals surface area (Å²) in [5.41, 5.74) is 1.17. The van der Waals surface area contributed by atoms with E-state index in [1.807, 2.05) is 0 Å². The number of hydrogen-bond donors (Lipinski definition) is 1. The van der Waals surface area contributed by atoms with Gasteiger partial charge in [-0.05, 0) is 42.8 Å². The first-order valence-electron chi connectivity index (χ1n) is 5.49. The summed E-state index contributed by atoms with van der Waals surface area (Å²) in [4.78, 5) is 12.0. The average Bonchev–Trinajstić information content (AvgIpc) is 2.31. The molecule has 0 bridgehead atoms. The number of anilines is 1. The number of rotatable bonds is 2. The molecule has 98 valence electrons. The number of nitrogens with one attached hydrogen (secondary N) is 1. The van der Waals surface area contributed by atoms with Crippen molar-refractivity contribution < 1.29 is 9.18 Å². The Morgan fingerprint density at radius 1 is 1.11 bits per heavy atom. The Kier molecular flexibility index (Phi) is 4.08. The highest BCUT2D eigenvalue weighted by Crippen LogP contribution is 2.21. The molecule has 0 unspecified atom stereocenters. The van der Waals surface area contributed by atoms with Crippen LogP contribution in [0.15, 0.2) is 36.4 Å². The van der Waals surface area contributed by atoms with Gasteiger partial charge in [0.25, 0.3) is 5.91 Å². The van der Waals surface area contributed by atoms with Crippen LogP contribution in [-0.4, -0.2) is 5.91 Å². The number of amides is 1. The molecule has 1 amide bonds. The van der Waals surface area contributed by atoms with E-state index in [0.29, 0.717) is 10.0 Å². The average molecular weight is 298 g/mol. The summed E-state index contributed by atoms with van der Waals surface area (Å²) in [5, 5.41) is 3.18. The molecule has 0 saturated heterocycles. The molecule has 0 aromatic heterocycles. The predicted molar refractivity (Wildman–Crippen MR) is 75.6 cm³/mol. The van der Waals surface area contributed by atoms with Crippen LogP contribution in [-0.2, 0) is 0 Å². The molecule has 0 saturated carbocycles. The van der Waals surface area contributed by atoms with Crippen LogP contribution >= 0.6 is 23.2 Å². The Bertz CT molecular complexity index is 623. The van der Waals surface area contributed by atoms with Gasteiger partial charge in [0.1, 0.15) is 5.82 Å². The number of halogens is 3. The molecule has 5 heteroatoms. The van der Waals surface area contributed by atoms with E-state index in [1.54, 1.807) is 13.0 Å². The maximum absolute atomic E-state index is 13.6. The van der Waals surface area contributed by atoms with Gasteiger partial charge < -0.3 is 5.32 Å². The highest BCUT2D eigenvalue weighted by atomic mass is 35.5. The van der Waals surface area contributed by atoms with Gasteiger partial charge in [0.15, 0.2) is 0 Å². The van der Waals surface area contributed by atoms with Gasteiger partial charge in [-0.15, -0.1) is 0 Å². The third-order valence-electron chi connectivity index (χ3n) is 2.50. The molecule has 1 N–H and O–H groups in total. The quantitative estimate of drug-likeness (QED) is 0.856. The van der Waals surface area contributed by atoms with E-state index in [4.69, 9.17) is 23.2 Å². The van der Waals surface area contributed by atoms with Crippen molar-refractivity contribution in [3.8, 4) is 0 Å². The molecule has 2 aromatic rings. The first kappa shape index (κ1) is 13.8. The Labute approximate surface area is 120 Å². The highest BCUT2D eigenvalue weighted by molar-refractivity contribution is 6.35. The van der Waals surface area contributed by atoms with Gasteiger partial charge >= 0.3 is 0 Å². The fraction of sp³-hybridized carbons (Fsp3) is 0.0714. The first-order valence-corrected chi connectivity index (χ1v) is 6.25. The minimum absolute atomic E-state index is 0.117. The maximum Gasteiger partial charge on any atom is 0.255 e. The zero-order valence-electron chi connectivity index (χ0n) is 10.0. The number of hydrogen-bond acceptors (Lipinski definition) is 1. The van der Waals surface area contributed by atoms with Gasteiger partial charge in [0.2, 0.25) is 0 Å². The lowest BCUT2D eigenvalue weighted by molar-refractivity contribution is 0.102. The summed E-state index contributed by atoms with van der Waals surface area (Å²) in [6.45, 7) is 1.77. The molecule has 2 nitrogen and oxygen atoms in total. The van der Waals surface area contributed by atoms with Crippen LogP contribution in [0.5, 0.6) is 0 Å². The van der Waals surface area contributed by atoms with Gasteiger partial charge in [-0.3, -0.25) is 4.79 Å². The first-order chi connectivity index (χ1) is 8.95. The standard InChI is InChI=1S/C14H10Cl2FNO/c1-8-2-3-13(12(17)4-8)18-14(19)9-5-10(15)7-11(16)6-9/h2-7H,1H3,(H,18,19). The summed E-state index contributed by atoms with van der Waals surface area (Å²) < 4.78 is 13.6. The second kappa shape index (κ2) is 5.59. The summed E-state index contributed by atoms with van der Waals surface area (Å²) >= 11 is 11.6. The fourth-order valence-corrected chi connectivity index (χ4v) is 2.13. The molecule has 0 aliphatic heterocycles. The third-order valence-corrected chi connectivity index (χ3v) is 2.93. The molecule has 2 aromatic carbocycles. The van der Waals surface area contributed by atoms with Crippen LogP contribution in [0.25, 0.3) is 0 Å². The molecule has 0 radical (unpaired) electrons. The Morgan fingerprint density at radius 3 is 2.32 bits per heavy atom. The molecule has 0 aliphatic rings. The highest BCUT2D eigenvalue weighted by Gasteiger charge is 2.11. The molecular formula is C14H10Cl2FNO. The molecule has 19 heavy (non-hydrogen) atoms. The number of benzene rings is 2. The van der Waals surface area contributed by atoms with Crippen molar-refractivity contribution in [2.75, 3.05) is 5.32 Å². The van der Waals surface area contributed by atoms with Crippen molar-refractivity contribution in [2.45, 2.75) is 6.92 Å². The largest absolute Gasteiger partial charge is 0.319 e. The normalized spacial score (nSPS) is 10.3. The van der Waals surface area contributed by atoms with Crippen LogP contribution in [0.2, 0.25) is 10.0 Å². The van der Waals surface area contributed by atoms with E-state index in [1.165, 1.54) is 30.3 Å². The van der Waals surface area contributed by atoms with Gasteiger partial charge in [-0.25, -0.2) is 4.39 Å². The second-order valence-electron chi connectivity index (χ2n) is 4.10. The van der Waals surface area contributed by atoms with E-state index in [2.05, 4.69) is 5.32 Å². The predicted octanol–water partition coefficient (Wildman–Crippen LogP) is 4.69. The Hall–Kier alpha value is -1.58. The van der Waals surface area contributed by atoms with Crippen LogP contribution < -0.4 is 5.32 Å². The van der Waals surface area contributed by atoms with Gasteiger partial charge in [-0.1, -0.05) is 29.3 Å². The zero-order valence-corrected chi connectivity index (χ0v) is 11.5. The molecular weight excluding hydrogens is 288 g/mol. The molecule has 0 fully saturated rings. The minimum atomic E-state index is -0.485. The van der Waals surface area contributed by atoms with Crippen molar-refractivity contribution in [1.82, 2.24) is 0 Å². The summed E-state index contributed by atoms with van der Waals surface area (Å²) in [6, 6.07) is 9.02. The van der Waals surface area contributed by atoms with E-state index >= 15 is 0 Å². The summed E-state index contributed by atoms with van der Waals surface area (Å²) in [6.07, 6.45) is 0. The van der Waals surface area contributed by atoms with Crippen LogP contribution in [0.3, 0.4) is 0 Å². The molecule has 0 atom stereocenters. The van der Waals surface area contributed by atoms with Crippen LogP contribution in [0.4, 0.5) is 10.1 Å². The monoisotopic (exact) mass is 297 g/mol. The molecule has 0 aliphatic carbocycles. The van der Waals surface area contributed by atoms with Gasteiger partial charge in [0, 0.05) is 15.6 Å². The maximum atomic E-state index is 13.6. The lowest BCUT2D eigenvalue weighted by Gasteiger charge is -2.07. The van der Waals surface area contributed by atoms with Crippen LogP contribution in [0.1, 0.15) is 15.9 Å². The summed E-state index contributed by atoms with van der Waals surface area (Å²) in [5.74, 6) is -0.950. The van der Waals surface area contributed by atoms with Crippen molar-refractivity contribution in [2.24, 2.45) is 0 Å². The van der Waals surface area contributed by atoms with Crippen LogP contribution in [0, 0.1) is 12.7 Å². The molecule has 0 spiro atoms. The third kappa shape index (κ3) is 3.46. The minimum Gasteiger partial charge on any atom is -0.319 e. The number of aryl methyl sites for hydroxylation is 1.